The molecule has 0 aliphatic heterocycles. The van der Waals surface area contributed by atoms with Crippen molar-refractivity contribution in [2.75, 3.05) is 0 Å². The molecule has 0 heterocycles. The number of rotatable bonds is 0. The van der Waals surface area contributed by atoms with E-state index in [0.717, 1.165) is 0 Å². The van der Waals surface area contributed by atoms with Gasteiger partial charge in [0.2, 0.25) is 0 Å². The molecule has 0 unspecified atom stereocenters. The third-order valence-electron chi connectivity index (χ3n) is 0. The summed E-state index contributed by atoms with van der Waals surface area (Å²) in [6.07, 6.45) is -0.500. The predicted octanol–water partition coefficient (Wildman–Crippen LogP) is 1.31. The van der Waals surface area contributed by atoms with E-state index in [0.29, 0.717) is 0 Å². The Morgan fingerprint density at radius 2 is 0.571 bits per heavy atom. The first kappa shape index (κ1) is 29.3. The Labute approximate surface area is 106 Å². The molecule has 3 nitrogen and oxygen atoms in total. The van der Waals surface area contributed by atoms with Gasteiger partial charge in [0.15, 0.2) is 0 Å². The van der Waals surface area contributed by atoms with Crippen LogP contribution < -0.4 is 0 Å². The molecule has 0 aromatic rings. The molecule has 0 aliphatic carbocycles. The fraction of sp³-hybridized carbons (Fsp3) is 1.00. The van der Waals surface area contributed by atoms with Crippen LogP contribution in [0, 0.1) is 0 Å². The topological polar surface area (TPSA) is 60.7 Å². The zero-order valence-electron chi connectivity index (χ0n) is 9.98. The quantitative estimate of drug-likeness (QED) is 0.631. The summed E-state index contributed by atoms with van der Waals surface area (Å²) in [4.78, 5) is 0. The van der Waals surface area contributed by atoms with Gasteiger partial charge in [-0.1, -0.05) is 0 Å². The number of aliphatic hydroxyl groups excluding tert-OH is 3. The summed E-state index contributed by atoms with van der Waals surface area (Å²) < 4.78 is 0. The monoisotopic (exact) mass is 290 g/mol. The Bertz CT molecular complexity index is 48.5. The molecule has 0 saturated carbocycles. The second-order valence-electron chi connectivity index (χ2n) is 3.28. The Kier molecular flexibility index (Phi) is 49.2. The maximum atomic E-state index is 8.06. The second-order valence-corrected chi connectivity index (χ2v) is 3.28. The molecule has 90 valence electrons. The van der Waals surface area contributed by atoms with Crippen molar-refractivity contribution in [2.45, 2.75) is 59.9 Å². The molecular formula is C9H25FO3Zr. The maximum absolute atomic E-state index is 8.06. The summed E-state index contributed by atoms with van der Waals surface area (Å²) >= 11 is 0. The first-order valence-corrected chi connectivity index (χ1v) is 4.24. The fourth-order valence-electron chi connectivity index (χ4n) is 0. The molecule has 0 atom stereocenters. The van der Waals surface area contributed by atoms with Crippen LogP contribution in [0.1, 0.15) is 41.5 Å². The summed E-state index contributed by atoms with van der Waals surface area (Å²) in [6, 6.07) is 0. The third-order valence-corrected chi connectivity index (χ3v) is 0. The van der Waals surface area contributed by atoms with Crippen molar-refractivity contribution in [3.63, 3.8) is 0 Å². The molecular weight excluding hydrogens is 266 g/mol. The van der Waals surface area contributed by atoms with Gasteiger partial charge < -0.3 is 15.3 Å². The number of hydrogen-bond donors (Lipinski definition) is 3. The van der Waals surface area contributed by atoms with Crippen molar-refractivity contribution in [3.8, 4) is 0 Å². The molecule has 14 heavy (non-hydrogen) atoms. The molecule has 0 spiro atoms. The van der Waals surface area contributed by atoms with E-state index in [9.17, 15) is 0 Å². The van der Waals surface area contributed by atoms with E-state index in [1.807, 2.05) is 0 Å². The van der Waals surface area contributed by atoms with Gasteiger partial charge >= 0.3 is 0 Å². The summed E-state index contributed by atoms with van der Waals surface area (Å²) in [5.41, 5.74) is 0. The van der Waals surface area contributed by atoms with E-state index < -0.39 is 0 Å². The van der Waals surface area contributed by atoms with Crippen molar-refractivity contribution >= 4 is 0 Å². The summed E-state index contributed by atoms with van der Waals surface area (Å²) in [6.45, 7) is 10.3. The number of hydrogen-bond acceptors (Lipinski definition) is 3. The summed E-state index contributed by atoms with van der Waals surface area (Å²) in [5.74, 6) is 0. The van der Waals surface area contributed by atoms with E-state index in [1.165, 1.54) is 0 Å². The smallest absolute Gasteiger partial charge is 0.0483 e. The SMILES string of the molecule is CC(C)O.CC(C)O.CC(C)O.F.[Zr]. The van der Waals surface area contributed by atoms with Gasteiger partial charge in [0.05, 0.1) is 0 Å². The first-order valence-electron chi connectivity index (χ1n) is 4.24. The average Bonchev–Trinajstić information content (AvgIpc) is 1.54. The van der Waals surface area contributed by atoms with E-state index in [1.54, 1.807) is 41.5 Å². The summed E-state index contributed by atoms with van der Waals surface area (Å²) in [5, 5.41) is 24.2. The molecule has 3 N–H and O–H groups in total. The average molecular weight is 292 g/mol. The Morgan fingerprint density at radius 1 is 0.571 bits per heavy atom. The zero-order chi connectivity index (χ0) is 10.7. The van der Waals surface area contributed by atoms with Crippen LogP contribution in [-0.4, -0.2) is 33.6 Å². The van der Waals surface area contributed by atoms with Crippen molar-refractivity contribution in [2.24, 2.45) is 0 Å². The van der Waals surface area contributed by atoms with Crippen LogP contribution in [-0.2, 0) is 26.2 Å². The molecule has 0 amide bonds. The van der Waals surface area contributed by atoms with Crippen molar-refractivity contribution in [1.82, 2.24) is 0 Å². The van der Waals surface area contributed by atoms with E-state index in [-0.39, 0.29) is 49.2 Å². The van der Waals surface area contributed by atoms with E-state index in [4.69, 9.17) is 15.3 Å². The molecule has 0 aliphatic rings. The Hall–Kier alpha value is 0.693. The van der Waals surface area contributed by atoms with Gasteiger partial charge in [-0.2, -0.15) is 0 Å². The summed E-state index contributed by atoms with van der Waals surface area (Å²) in [7, 11) is 0. The number of halogens is 1. The van der Waals surface area contributed by atoms with Gasteiger partial charge in [-0.05, 0) is 41.5 Å². The normalized spacial score (nSPS) is 7.71. The van der Waals surface area contributed by atoms with Crippen LogP contribution >= 0.6 is 0 Å². The minimum atomic E-state index is -0.167. The fourth-order valence-corrected chi connectivity index (χ4v) is 0. The van der Waals surface area contributed by atoms with Gasteiger partial charge in [0.25, 0.3) is 0 Å². The van der Waals surface area contributed by atoms with Crippen LogP contribution in [0.4, 0.5) is 4.70 Å². The van der Waals surface area contributed by atoms with E-state index in [2.05, 4.69) is 0 Å². The van der Waals surface area contributed by atoms with Gasteiger partial charge in [0.1, 0.15) is 0 Å². The molecule has 0 radical (unpaired) electrons. The van der Waals surface area contributed by atoms with Crippen LogP contribution in [0.15, 0.2) is 0 Å². The molecule has 0 saturated heterocycles. The largest absolute Gasteiger partial charge is 0.394 e. The van der Waals surface area contributed by atoms with Gasteiger partial charge in [-0.3, -0.25) is 4.70 Å². The van der Waals surface area contributed by atoms with Crippen molar-refractivity contribution < 1.29 is 46.2 Å². The Morgan fingerprint density at radius 3 is 0.571 bits per heavy atom. The second kappa shape index (κ2) is 23.5. The molecule has 0 fully saturated rings. The molecule has 0 aromatic carbocycles. The van der Waals surface area contributed by atoms with Crippen molar-refractivity contribution in [1.29, 1.82) is 0 Å². The molecule has 0 aromatic heterocycles. The van der Waals surface area contributed by atoms with Crippen LogP contribution in [0.5, 0.6) is 0 Å². The molecule has 5 heteroatoms. The third kappa shape index (κ3) is 3610. The molecule has 0 bridgehead atoms. The Balaban J connectivity index is -0.0000000270. The van der Waals surface area contributed by atoms with Crippen molar-refractivity contribution in [3.05, 3.63) is 0 Å². The van der Waals surface area contributed by atoms with Gasteiger partial charge in [-0.25, -0.2) is 0 Å². The molecule has 0 rings (SSSR count). The number of aliphatic hydroxyl groups is 3. The maximum Gasteiger partial charge on any atom is 0.0483 e. The minimum Gasteiger partial charge on any atom is -0.394 e. The predicted molar refractivity (Wildman–Crippen MR) is 54.6 cm³/mol. The van der Waals surface area contributed by atoms with Crippen LogP contribution in [0.2, 0.25) is 0 Å². The first-order chi connectivity index (χ1) is 5.20. The standard InChI is InChI=1S/3C3H8O.FH.Zr/c3*1-3(2)4;;/h3*3-4H,1-2H3;1H;. The van der Waals surface area contributed by atoms with Crippen LogP contribution in [0.25, 0.3) is 0 Å². The van der Waals surface area contributed by atoms with Gasteiger partial charge in [-0.15, -0.1) is 0 Å². The minimum absolute atomic E-state index is 0. The van der Waals surface area contributed by atoms with Crippen LogP contribution in [0.3, 0.4) is 0 Å². The zero-order valence-corrected chi connectivity index (χ0v) is 12.4. The van der Waals surface area contributed by atoms with Gasteiger partial charge in [0, 0.05) is 44.5 Å². The van der Waals surface area contributed by atoms with E-state index >= 15 is 0 Å².